The molecule has 2 N–H and O–H groups in total. The van der Waals surface area contributed by atoms with E-state index < -0.39 is 0 Å². The molecule has 1 aromatic rings. The second kappa shape index (κ2) is 7.09. The molecular weight excluding hydrogens is 354 g/mol. The molecule has 0 saturated carbocycles. The molecule has 128 valence electrons. The summed E-state index contributed by atoms with van der Waals surface area (Å²) in [6.45, 7) is 11.3. The quantitative estimate of drug-likeness (QED) is 0.873. The Morgan fingerprint density at radius 2 is 2.00 bits per heavy atom. The summed E-state index contributed by atoms with van der Waals surface area (Å²) in [5.74, 6) is 0. The Hall–Kier alpha value is -0.620. The minimum atomic E-state index is 0.187. The summed E-state index contributed by atoms with van der Waals surface area (Å²) in [6, 6.07) is 6.97. The highest BCUT2D eigenvalue weighted by molar-refractivity contribution is 9.10. The van der Waals surface area contributed by atoms with Crippen molar-refractivity contribution >= 4 is 21.6 Å². The number of anilines is 1. The first-order valence-corrected chi connectivity index (χ1v) is 9.34. The van der Waals surface area contributed by atoms with Crippen molar-refractivity contribution in [1.29, 1.82) is 0 Å². The van der Waals surface area contributed by atoms with Crippen molar-refractivity contribution in [3.63, 3.8) is 0 Å². The van der Waals surface area contributed by atoms with Crippen molar-refractivity contribution in [2.75, 3.05) is 44.3 Å². The van der Waals surface area contributed by atoms with Crippen molar-refractivity contribution in [2.24, 2.45) is 11.1 Å². The summed E-state index contributed by atoms with van der Waals surface area (Å²) in [7, 11) is 0. The van der Waals surface area contributed by atoms with E-state index in [2.05, 4.69) is 57.8 Å². The number of likely N-dealkylation sites (tertiary alicyclic amines) is 1. The Bertz CT molecular complexity index is 543. The molecule has 4 nitrogen and oxygen atoms in total. The molecule has 3 rings (SSSR count). The predicted octanol–water partition coefficient (Wildman–Crippen LogP) is 2.84. The van der Waals surface area contributed by atoms with Gasteiger partial charge in [0.25, 0.3) is 0 Å². The van der Waals surface area contributed by atoms with Crippen molar-refractivity contribution in [2.45, 2.75) is 32.9 Å². The summed E-state index contributed by atoms with van der Waals surface area (Å²) in [5.41, 5.74) is 9.21. The number of ether oxygens (including phenoxy) is 1. The molecule has 0 spiro atoms. The molecule has 2 aliphatic heterocycles. The highest BCUT2D eigenvalue weighted by Crippen LogP contribution is 2.31. The maximum atomic E-state index is 6.28. The second-order valence-electron chi connectivity index (χ2n) is 7.47. The van der Waals surface area contributed by atoms with E-state index in [1.54, 1.807) is 0 Å². The highest BCUT2D eigenvalue weighted by atomic mass is 79.9. The number of hydrogen-bond donors (Lipinski definition) is 1. The molecule has 1 atom stereocenters. The number of rotatable bonds is 3. The van der Waals surface area contributed by atoms with Crippen LogP contribution in [0.1, 0.15) is 25.8 Å². The Kier molecular flexibility index (Phi) is 5.31. The van der Waals surface area contributed by atoms with Gasteiger partial charge < -0.3 is 15.4 Å². The second-order valence-corrected chi connectivity index (χ2v) is 8.38. The summed E-state index contributed by atoms with van der Waals surface area (Å²) >= 11 is 3.63. The third kappa shape index (κ3) is 4.08. The van der Waals surface area contributed by atoms with Gasteiger partial charge in [0.1, 0.15) is 0 Å². The van der Waals surface area contributed by atoms with E-state index in [0.717, 1.165) is 56.8 Å². The van der Waals surface area contributed by atoms with Gasteiger partial charge in [-0.1, -0.05) is 35.8 Å². The molecule has 0 radical (unpaired) electrons. The normalized spacial score (nSPS) is 25.6. The number of halogens is 1. The van der Waals surface area contributed by atoms with E-state index in [1.807, 2.05) is 0 Å². The lowest BCUT2D eigenvalue weighted by atomic mass is 9.79. The first-order valence-electron chi connectivity index (χ1n) is 8.55. The van der Waals surface area contributed by atoms with Gasteiger partial charge in [0.05, 0.1) is 13.2 Å². The smallest absolute Gasteiger partial charge is 0.0642 e. The zero-order chi connectivity index (χ0) is 16.4. The fourth-order valence-corrected chi connectivity index (χ4v) is 3.98. The standard InChI is InChI=1S/C18H28BrN3O/c1-18(2)13-21(6-5-17(18)20)12-14-3-4-15(19)11-16(14)22-7-9-23-10-8-22/h3-4,11,17H,5-10,12-13,20H2,1-2H3. The number of nitrogens with two attached hydrogens (primary N) is 1. The Morgan fingerprint density at radius 1 is 1.26 bits per heavy atom. The van der Waals surface area contributed by atoms with Gasteiger partial charge >= 0.3 is 0 Å². The maximum absolute atomic E-state index is 6.28. The van der Waals surface area contributed by atoms with Crippen LogP contribution in [0, 0.1) is 5.41 Å². The van der Waals surface area contributed by atoms with Crippen LogP contribution in [0.3, 0.4) is 0 Å². The van der Waals surface area contributed by atoms with Crippen molar-refractivity contribution in [3.05, 3.63) is 28.2 Å². The van der Waals surface area contributed by atoms with E-state index in [9.17, 15) is 0 Å². The highest BCUT2D eigenvalue weighted by Gasteiger charge is 2.33. The van der Waals surface area contributed by atoms with Gasteiger partial charge in [0.15, 0.2) is 0 Å². The van der Waals surface area contributed by atoms with Crippen molar-refractivity contribution in [1.82, 2.24) is 4.90 Å². The van der Waals surface area contributed by atoms with Crippen LogP contribution in [-0.2, 0) is 11.3 Å². The molecule has 0 aromatic heterocycles. The third-order valence-corrected chi connectivity index (χ3v) is 5.68. The molecule has 2 fully saturated rings. The van der Waals surface area contributed by atoms with Gasteiger partial charge in [0.2, 0.25) is 0 Å². The molecule has 23 heavy (non-hydrogen) atoms. The molecule has 2 saturated heterocycles. The zero-order valence-electron chi connectivity index (χ0n) is 14.2. The first-order chi connectivity index (χ1) is 11.0. The fraction of sp³-hybridized carbons (Fsp3) is 0.667. The van der Waals surface area contributed by atoms with Gasteiger partial charge in [-0.25, -0.2) is 0 Å². The number of hydrogen-bond acceptors (Lipinski definition) is 4. The van der Waals surface area contributed by atoms with E-state index in [1.165, 1.54) is 11.3 Å². The van der Waals surface area contributed by atoms with Crippen LogP contribution in [0.25, 0.3) is 0 Å². The SMILES string of the molecule is CC1(C)CN(Cc2ccc(Br)cc2N2CCOCC2)CCC1N. The third-order valence-electron chi connectivity index (χ3n) is 5.18. The van der Waals surface area contributed by atoms with Crippen LogP contribution < -0.4 is 10.6 Å². The fourth-order valence-electron chi connectivity index (χ4n) is 3.63. The van der Waals surface area contributed by atoms with Gasteiger partial charge in [-0.15, -0.1) is 0 Å². The van der Waals surface area contributed by atoms with Gasteiger partial charge in [-0.05, 0) is 29.5 Å². The number of benzene rings is 1. The first kappa shape index (κ1) is 17.2. The van der Waals surface area contributed by atoms with Crippen LogP contribution >= 0.6 is 15.9 Å². The minimum absolute atomic E-state index is 0.187. The van der Waals surface area contributed by atoms with Crippen molar-refractivity contribution < 1.29 is 4.74 Å². The van der Waals surface area contributed by atoms with Crippen LogP contribution in [0.5, 0.6) is 0 Å². The van der Waals surface area contributed by atoms with Gasteiger partial charge in [0, 0.05) is 48.9 Å². The number of piperidine rings is 1. The number of morpholine rings is 1. The Labute approximate surface area is 148 Å². The van der Waals surface area contributed by atoms with E-state index in [4.69, 9.17) is 10.5 Å². The Balaban J connectivity index is 1.77. The van der Waals surface area contributed by atoms with Gasteiger partial charge in [-0.2, -0.15) is 0 Å². The molecular formula is C18H28BrN3O. The summed E-state index contributed by atoms with van der Waals surface area (Å²) in [5, 5.41) is 0. The lowest BCUT2D eigenvalue weighted by molar-refractivity contribution is 0.0897. The summed E-state index contributed by atoms with van der Waals surface area (Å²) < 4.78 is 6.65. The number of nitrogens with zero attached hydrogens (tertiary/aromatic N) is 2. The monoisotopic (exact) mass is 381 g/mol. The molecule has 2 aliphatic rings. The molecule has 5 heteroatoms. The molecule has 1 aromatic carbocycles. The average Bonchev–Trinajstić information content (AvgIpc) is 2.53. The lowest BCUT2D eigenvalue weighted by Crippen LogP contribution is -2.52. The Morgan fingerprint density at radius 3 is 2.70 bits per heavy atom. The predicted molar refractivity (Wildman–Crippen MR) is 98.8 cm³/mol. The topological polar surface area (TPSA) is 41.7 Å². The largest absolute Gasteiger partial charge is 0.378 e. The van der Waals surface area contributed by atoms with E-state index >= 15 is 0 Å². The lowest BCUT2D eigenvalue weighted by Gasteiger charge is -2.43. The molecule has 2 heterocycles. The van der Waals surface area contributed by atoms with Crippen LogP contribution in [0.15, 0.2) is 22.7 Å². The van der Waals surface area contributed by atoms with Crippen LogP contribution in [0.2, 0.25) is 0 Å². The molecule has 0 aliphatic carbocycles. The molecule has 0 bridgehead atoms. The molecule has 1 unspecified atom stereocenters. The van der Waals surface area contributed by atoms with E-state index in [0.29, 0.717) is 6.04 Å². The van der Waals surface area contributed by atoms with Crippen LogP contribution in [-0.4, -0.2) is 50.3 Å². The van der Waals surface area contributed by atoms with Gasteiger partial charge in [-0.3, -0.25) is 4.90 Å². The zero-order valence-corrected chi connectivity index (χ0v) is 15.8. The maximum Gasteiger partial charge on any atom is 0.0642 e. The molecule has 0 amide bonds. The van der Waals surface area contributed by atoms with Crippen molar-refractivity contribution in [3.8, 4) is 0 Å². The van der Waals surface area contributed by atoms with Crippen LogP contribution in [0.4, 0.5) is 5.69 Å². The summed E-state index contributed by atoms with van der Waals surface area (Å²) in [6.07, 6.45) is 1.08. The minimum Gasteiger partial charge on any atom is -0.378 e. The average molecular weight is 382 g/mol. The van der Waals surface area contributed by atoms with E-state index in [-0.39, 0.29) is 5.41 Å². The summed E-state index contributed by atoms with van der Waals surface area (Å²) in [4.78, 5) is 5.00.